The van der Waals surface area contributed by atoms with Gasteiger partial charge in [-0.15, -0.1) is 0 Å². The number of β-lactam (4-membered cyclic amide) rings is 1. The van der Waals surface area contributed by atoms with E-state index in [2.05, 4.69) is 0 Å². The number of carbonyl (C=O) groups is 2. The molecule has 2 saturated heterocycles. The number of anilines is 1. The molecule has 4 rings (SSSR count). The molecule has 27 heavy (non-hydrogen) atoms. The van der Waals surface area contributed by atoms with E-state index in [0.29, 0.717) is 17.1 Å². The molecule has 0 spiro atoms. The number of Topliss-reactive ketones (excluding diaryl/α,β-unsaturated/α-hetero) is 1. The predicted molar refractivity (Wildman–Crippen MR) is 101 cm³/mol. The number of ketones is 1. The Labute approximate surface area is 161 Å². The molecule has 2 unspecified atom stereocenters. The summed E-state index contributed by atoms with van der Waals surface area (Å²) in [5.41, 5.74) is 6.88. The molecule has 2 N–H and O–H groups in total. The van der Waals surface area contributed by atoms with Gasteiger partial charge in [-0.25, -0.2) is 8.42 Å². The number of hydrogen-bond acceptors (Lipinski definition) is 5. The molecule has 2 heterocycles. The van der Waals surface area contributed by atoms with Crippen LogP contribution in [0.3, 0.4) is 0 Å². The minimum atomic E-state index is -4.06. The quantitative estimate of drug-likeness (QED) is 0.621. The number of nitrogens with two attached hydrogens (primary N) is 1. The maximum absolute atomic E-state index is 13.3. The van der Waals surface area contributed by atoms with E-state index in [0.717, 1.165) is 5.56 Å². The van der Waals surface area contributed by atoms with Crippen LogP contribution in [-0.2, 0) is 25.8 Å². The van der Waals surface area contributed by atoms with Gasteiger partial charge in [0.2, 0.25) is 20.6 Å². The second kappa shape index (κ2) is 6.07. The van der Waals surface area contributed by atoms with Crippen LogP contribution in [0.2, 0.25) is 5.02 Å². The van der Waals surface area contributed by atoms with Gasteiger partial charge in [0.1, 0.15) is 0 Å². The molecule has 2 atom stereocenters. The van der Waals surface area contributed by atoms with Crippen molar-refractivity contribution >= 4 is 38.8 Å². The maximum Gasteiger partial charge on any atom is 0.228 e. The summed E-state index contributed by atoms with van der Waals surface area (Å²) in [6.45, 7) is 0.0956. The lowest BCUT2D eigenvalue weighted by atomic mass is 9.93. The molecule has 1 amide bonds. The van der Waals surface area contributed by atoms with Crippen molar-refractivity contribution in [3.05, 3.63) is 59.1 Å². The van der Waals surface area contributed by atoms with E-state index in [1.165, 1.54) is 29.2 Å². The molecule has 8 heteroatoms. The standard InChI is InChI=1S/C19H17ClN2O4S/c20-14-3-1-2-12(9-14)8-13-11-22-17(23)10-19(22,18(13)24)27(25,26)16-6-4-15(21)5-7-16/h1-7,9,13H,8,10-11,21H2. The van der Waals surface area contributed by atoms with Gasteiger partial charge in [-0.1, -0.05) is 23.7 Å². The molecule has 6 nitrogen and oxygen atoms in total. The van der Waals surface area contributed by atoms with Crippen LogP contribution in [0.1, 0.15) is 12.0 Å². The van der Waals surface area contributed by atoms with Crippen LogP contribution < -0.4 is 5.73 Å². The van der Waals surface area contributed by atoms with E-state index in [1.807, 2.05) is 6.07 Å². The average molecular weight is 405 g/mol. The lowest BCUT2D eigenvalue weighted by Crippen LogP contribution is -2.67. The van der Waals surface area contributed by atoms with Crippen LogP contribution in [0.4, 0.5) is 5.69 Å². The first-order valence-corrected chi connectivity index (χ1v) is 10.3. The smallest absolute Gasteiger partial charge is 0.228 e. The van der Waals surface area contributed by atoms with E-state index in [-0.39, 0.29) is 23.8 Å². The summed E-state index contributed by atoms with van der Waals surface area (Å²) >= 11 is 6.00. The highest BCUT2D eigenvalue weighted by Crippen LogP contribution is 2.48. The molecule has 2 aromatic carbocycles. The van der Waals surface area contributed by atoms with Gasteiger partial charge in [0.05, 0.1) is 11.3 Å². The first-order chi connectivity index (χ1) is 12.8. The molecule has 0 bridgehead atoms. The third kappa shape index (κ3) is 2.56. The summed E-state index contributed by atoms with van der Waals surface area (Å²) < 4.78 is 26.5. The van der Waals surface area contributed by atoms with Crippen LogP contribution in [0, 0.1) is 5.92 Å². The Balaban J connectivity index is 1.70. The minimum absolute atomic E-state index is 0.00837. The van der Waals surface area contributed by atoms with Crippen LogP contribution in [0.25, 0.3) is 0 Å². The molecule has 0 aromatic heterocycles. The Morgan fingerprint density at radius 1 is 1.15 bits per heavy atom. The fourth-order valence-corrected chi connectivity index (χ4v) is 6.23. The van der Waals surface area contributed by atoms with E-state index in [9.17, 15) is 18.0 Å². The van der Waals surface area contributed by atoms with Crippen molar-refractivity contribution in [2.75, 3.05) is 12.3 Å². The zero-order valence-electron chi connectivity index (χ0n) is 14.3. The molecule has 2 aliphatic heterocycles. The van der Waals surface area contributed by atoms with E-state index >= 15 is 0 Å². The Bertz CT molecular complexity index is 1050. The molecule has 2 aliphatic rings. The fraction of sp³-hybridized carbons (Fsp3) is 0.263. The summed E-state index contributed by atoms with van der Waals surface area (Å²) in [6.07, 6.45) is 0.0206. The number of amides is 1. The Morgan fingerprint density at radius 2 is 1.85 bits per heavy atom. The summed E-state index contributed by atoms with van der Waals surface area (Å²) in [5.74, 6) is -1.34. The van der Waals surface area contributed by atoms with Crippen molar-refractivity contribution in [1.82, 2.24) is 4.90 Å². The van der Waals surface area contributed by atoms with Gasteiger partial charge in [-0.05, 0) is 48.4 Å². The van der Waals surface area contributed by atoms with E-state index in [4.69, 9.17) is 17.3 Å². The van der Waals surface area contributed by atoms with Crippen molar-refractivity contribution in [1.29, 1.82) is 0 Å². The maximum atomic E-state index is 13.3. The number of sulfone groups is 1. The number of halogens is 1. The van der Waals surface area contributed by atoms with Gasteiger partial charge in [0, 0.05) is 23.2 Å². The third-order valence-electron chi connectivity index (χ3n) is 5.29. The molecular weight excluding hydrogens is 388 g/mol. The summed E-state index contributed by atoms with van der Waals surface area (Å²) in [5, 5.41) is 0.543. The van der Waals surface area contributed by atoms with Crippen molar-refractivity contribution in [2.45, 2.75) is 22.6 Å². The molecule has 2 fully saturated rings. The Morgan fingerprint density at radius 3 is 2.48 bits per heavy atom. The lowest BCUT2D eigenvalue weighted by molar-refractivity contribution is -0.150. The highest BCUT2D eigenvalue weighted by Gasteiger charge is 2.70. The predicted octanol–water partition coefficient (Wildman–Crippen LogP) is 2.07. The van der Waals surface area contributed by atoms with Crippen LogP contribution in [0.15, 0.2) is 53.4 Å². The summed E-state index contributed by atoms with van der Waals surface area (Å²) in [7, 11) is -4.06. The average Bonchev–Trinajstić information content (AvgIpc) is 2.84. The molecule has 0 saturated carbocycles. The van der Waals surface area contributed by atoms with Crippen molar-refractivity contribution in [2.24, 2.45) is 5.92 Å². The van der Waals surface area contributed by atoms with Gasteiger partial charge < -0.3 is 10.6 Å². The van der Waals surface area contributed by atoms with Crippen LogP contribution in [0.5, 0.6) is 0 Å². The van der Waals surface area contributed by atoms with E-state index in [1.54, 1.807) is 18.2 Å². The first kappa shape index (κ1) is 18.0. The molecule has 0 aliphatic carbocycles. The number of nitrogens with zero attached hydrogens (tertiary/aromatic N) is 1. The van der Waals surface area contributed by atoms with Gasteiger partial charge in [-0.3, -0.25) is 9.59 Å². The molecule has 2 aromatic rings. The second-order valence-electron chi connectivity index (χ2n) is 6.93. The molecule has 140 valence electrons. The van der Waals surface area contributed by atoms with Crippen LogP contribution in [-0.4, -0.2) is 36.4 Å². The topological polar surface area (TPSA) is 97.5 Å². The normalized spacial score (nSPS) is 24.6. The Hall–Kier alpha value is -2.38. The lowest BCUT2D eigenvalue weighted by Gasteiger charge is -2.44. The van der Waals surface area contributed by atoms with Crippen molar-refractivity contribution < 1.29 is 18.0 Å². The highest BCUT2D eigenvalue weighted by molar-refractivity contribution is 7.93. The summed E-state index contributed by atoms with van der Waals surface area (Å²) in [6, 6.07) is 12.8. The minimum Gasteiger partial charge on any atom is -0.399 e. The summed E-state index contributed by atoms with van der Waals surface area (Å²) in [4.78, 5) is 24.7. The second-order valence-corrected chi connectivity index (χ2v) is 9.52. The van der Waals surface area contributed by atoms with Crippen LogP contribution >= 0.6 is 11.6 Å². The van der Waals surface area contributed by atoms with E-state index < -0.39 is 26.4 Å². The largest absolute Gasteiger partial charge is 0.399 e. The number of rotatable bonds is 4. The van der Waals surface area contributed by atoms with Crippen molar-refractivity contribution in [3.8, 4) is 0 Å². The van der Waals surface area contributed by atoms with Gasteiger partial charge in [0.25, 0.3) is 0 Å². The third-order valence-corrected chi connectivity index (χ3v) is 7.88. The fourth-order valence-electron chi connectivity index (χ4n) is 3.92. The number of benzene rings is 2. The van der Waals surface area contributed by atoms with Gasteiger partial charge in [0.15, 0.2) is 5.78 Å². The number of hydrogen-bond donors (Lipinski definition) is 1. The monoisotopic (exact) mass is 404 g/mol. The van der Waals surface area contributed by atoms with Gasteiger partial charge >= 0.3 is 0 Å². The van der Waals surface area contributed by atoms with Crippen molar-refractivity contribution in [3.63, 3.8) is 0 Å². The zero-order valence-corrected chi connectivity index (χ0v) is 15.8. The SMILES string of the molecule is Nc1ccc(S(=O)(=O)C23CC(=O)N2CC(Cc2cccc(Cl)c2)C3=O)cc1. The van der Waals surface area contributed by atoms with Gasteiger partial charge in [-0.2, -0.15) is 0 Å². The Kier molecular flexibility index (Phi) is 4.05. The number of nitrogen functional groups attached to an aromatic ring is 1. The number of carbonyl (C=O) groups excluding carboxylic acids is 2. The molecular formula is C19H17ClN2O4S. The number of fused-ring (bicyclic) bond motifs is 1. The first-order valence-electron chi connectivity index (χ1n) is 8.45. The highest BCUT2D eigenvalue weighted by atomic mass is 35.5. The zero-order chi connectivity index (χ0) is 19.4. The molecule has 0 radical (unpaired) electrons.